The van der Waals surface area contributed by atoms with E-state index in [1.54, 1.807) is 6.08 Å². The first-order valence-electron chi connectivity index (χ1n) is 3.48. The van der Waals surface area contributed by atoms with Gasteiger partial charge in [0.1, 0.15) is 0 Å². The zero-order chi connectivity index (χ0) is 7.82. The molecular formula is C8H15O2. The molecule has 0 saturated carbocycles. The van der Waals surface area contributed by atoms with E-state index >= 15 is 0 Å². The molecule has 1 radical (unpaired) electrons. The minimum absolute atomic E-state index is 0.164. The third-order valence-electron chi connectivity index (χ3n) is 0.988. The van der Waals surface area contributed by atoms with Crippen molar-refractivity contribution < 1.29 is 9.47 Å². The molecule has 0 spiro atoms. The lowest BCUT2D eigenvalue weighted by Gasteiger charge is -2.13. The summed E-state index contributed by atoms with van der Waals surface area (Å²) in [4.78, 5) is 0. The summed E-state index contributed by atoms with van der Waals surface area (Å²) in [6.45, 7) is 10.3. The van der Waals surface area contributed by atoms with E-state index in [1.165, 1.54) is 0 Å². The van der Waals surface area contributed by atoms with E-state index in [4.69, 9.17) is 9.47 Å². The van der Waals surface area contributed by atoms with Crippen LogP contribution in [0.15, 0.2) is 12.7 Å². The molecule has 0 N–H and O–H groups in total. The van der Waals surface area contributed by atoms with Crippen molar-refractivity contribution in [2.24, 2.45) is 0 Å². The second kappa shape index (κ2) is 6.78. The molecule has 0 saturated heterocycles. The Bertz CT molecular complexity index is 81.3. The molecule has 0 aliphatic carbocycles. The highest BCUT2D eigenvalue weighted by Crippen LogP contribution is 1.98. The fourth-order valence-corrected chi connectivity index (χ4v) is 0.576. The average Bonchev–Trinajstić information content (AvgIpc) is 1.98. The largest absolute Gasteiger partial charge is 0.353 e. The van der Waals surface area contributed by atoms with Gasteiger partial charge in [0, 0.05) is 6.61 Å². The molecule has 0 amide bonds. The summed E-state index contributed by atoms with van der Waals surface area (Å²) in [6, 6.07) is 0. The van der Waals surface area contributed by atoms with E-state index in [9.17, 15) is 0 Å². The van der Waals surface area contributed by atoms with Crippen LogP contribution in [0.2, 0.25) is 0 Å². The Balaban J connectivity index is 3.29. The molecule has 0 heterocycles. The summed E-state index contributed by atoms with van der Waals surface area (Å²) in [5.74, 6) is 0. The third kappa shape index (κ3) is 4.53. The van der Waals surface area contributed by atoms with Crippen LogP contribution >= 0.6 is 0 Å². The van der Waals surface area contributed by atoms with Gasteiger partial charge in [0.2, 0.25) is 0 Å². The second-order valence-corrected chi connectivity index (χ2v) is 1.80. The highest BCUT2D eigenvalue weighted by atomic mass is 16.7. The van der Waals surface area contributed by atoms with E-state index in [0.717, 1.165) is 0 Å². The maximum Gasteiger partial charge on any atom is 0.157 e. The molecule has 0 fully saturated rings. The molecule has 0 aromatic carbocycles. The molecule has 2 nitrogen and oxygen atoms in total. The van der Waals surface area contributed by atoms with Gasteiger partial charge in [0.05, 0.1) is 6.61 Å². The second-order valence-electron chi connectivity index (χ2n) is 1.80. The predicted octanol–water partition coefficient (Wildman–Crippen LogP) is 1.78. The molecule has 0 aromatic heterocycles. The highest BCUT2D eigenvalue weighted by molar-refractivity contribution is 4.64. The summed E-state index contributed by atoms with van der Waals surface area (Å²) in [5, 5.41) is 0. The molecule has 0 bridgehead atoms. The Hall–Kier alpha value is -0.340. The molecule has 10 heavy (non-hydrogen) atoms. The van der Waals surface area contributed by atoms with Gasteiger partial charge in [-0.05, 0) is 20.3 Å². The average molecular weight is 143 g/mol. The number of ether oxygens (including phenoxy) is 2. The van der Waals surface area contributed by atoms with Gasteiger partial charge in [0.25, 0.3) is 0 Å². The Morgan fingerprint density at radius 3 is 2.60 bits per heavy atom. The lowest BCUT2D eigenvalue weighted by molar-refractivity contribution is -0.129. The van der Waals surface area contributed by atoms with E-state index in [1.807, 2.05) is 6.92 Å². The van der Waals surface area contributed by atoms with Crippen molar-refractivity contribution in [2.45, 2.75) is 19.6 Å². The first kappa shape index (κ1) is 9.66. The van der Waals surface area contributed by atoms with E-state index < -0.39 is 0 Å². The van der Waals surface area contributed by atoms with Gasteiger partial charge in [-0.15, -0.1) is 6.58 Å². The first-order chi connectivity index (χ1) is 4.85. The van der Waals surface area contributed by atoms with Crippen molar-refractivity contribution in [2.75, 3.05) is 13.2 Å². The summed E-state index contributed by atoms with van der Waals surface area (Å²) in [6.07, 6.45) is 2.17. The topological polar surface area (TPSA) is 18.5 Å². The molecule has 0 aliphatic heterocycles. The van der Waals surface area contributed by atoms with Crippen molar-refractivity contribution in [1.82, 2.24) is 0 Å². The molecule has 1 unspecified atom stereocenters. The summed E-state index contributed by atoms with van der Waals surface area (Å²) >= 11 is 0. The normalized spacial score (nSPS) is 13.0. The van der Waals surface area contributed by atoms with Gasteiger partial charge in [-0.1, -0.05) is 6.08 Å². The van der Waals surface area contributed by atoms with Crippen LogP contribution in [0, 0.1) is 6.92 Å². The summed E-state index contributed by atoms with van der Waals surface area (Å²) in [5.41, 5.74) is 0. The quantitative estimate of drug-likeness (QED) is 0.417. The molecule has 0 aliphatic rings. The summed E-state index contributed by atoms with van der Waals surface area (Å²) in [7, 11) is 0. The monoisotopic (exact) mass is 143 g/mol. The van der Waals surface area contributed by atoms with Crippen molar-refractivity contribution in [3.63, 3.8) is 0 Å². The minimum Gasteiger partial charge on any atom is -0.353 e. The van der Waals surface area contributed by atoms with Crippen molar-refractivity contribution >= 4 is 0 Å². The van der Waals surface area contributed by atoms with E-state index in [2.05, 4.69) is 13.5 Å². The van der Waals surface area contributed by atoms with Crippen LogP contribution in [-0.4, -0.2) is 19.5 Å². The van der Waals surface area contributed by atoms with Crippen molar-refractivity contribution in [3.05, 3.63) is 19.6 Å². The predicted molar refractivity (Wildman–Crippen MR) is 41.5 cm³/mol. The number of rotatable bonds is 6. The molecule has 0 aromatic rings. The fraction of sp³-hybridized carbons (Fsp3) is 0.625. The first-order valence-corrected chi connectivity index (χ1v) is 3.48. The van der Waals surface area contributed by atoms with Gasteiger partial charge >= 0.3 is 0 Å². The fourth-order valence-electron chi connectivity index (χ4n) is 0.576. The lowest BCUT2D eigenvalue weighted by atomic mass is 10.5. The Kier molecular flexibility index (Phi) is 6.55. The molecule has 2 heteroatoms. The third-order valence-corrected chi connectivity index (χ3v) is 0.988. The van der Waals surface area contributed by atoms with Crippen LogP contribution in [0.5, 0.6) is 0 Å². The minimum atomic E-state index is -0.164. The molecular weight excluding hydrogens is 128 g/mol. The van der Waals surface area contributed by atoms with E-state index in [0.29, 0.717) is 19.6 Å². The highest BCUT2D eigenvalue weighted by Gasteiger charge is 2.02. The van der Waals surface area contributed by atoms with E-state index in [-0.39, 0.29) is 6.29 Å². The Labute approximate surface area is 62.8 Å². The molecule has 0 rings (SSSR count). The van der Waals surface area contributed by atoms with Gasteiger partial charge in [-0.25, -0.2) is 0 Å². The standard InChI is InChI=1S/C8H15O2/c1-4-7-10-8(5-2)9-6-3/h4,8H,1-2,5-7H2,3H3. The van der Waals surface area contributed by atoms with Gasteiger partial charge in [-0.2, -0.15) is 0 Å². The smallest absolute Gasteiger partial charge is 0.157 e. The maximum absolute atomic E-state index is 5.18. The van der Waals surface area contributed by atoms with Crippen LogP contribution in [0.1, 0.15) is 13.3 Å². The van der Waals surface area contributed by atoms with Crippen LogP contribution in [0.3, 0.4) is 0 Å². The number of hydrogen-bond acceptors (Lipinski definition) is 2. The number of hydrogen-bond donors (Lipinski definition) is 0. The van der Waals surface area contributed by atoms with Crippen LogP contribution in [-0.2, 0) is 9.47 Å². The SMILES string of the molecule is [CH2]CC(OCC)OCC=C. The van der Waals surface area contributed by atoms with Crippen molar-refractivity contribution in [3.8, 4) is 0 Å². The van der Waals surface area contributed by atoms with Crippen LogP contribution in [0.25, 0.3) is 0 Å². The molecule has 59 valence electrons. The van der Waals surface area contributed by atoms with Crippen LogP contribution in [0.4, 0.5) is 0 Å². The Morgan fingerprint density at radius 1 is 1.50 bits per heavy atom. The maximum atomic E-state index is 5.18. The molecule has 1 atom stereocenters. The van der Waals surface area contributed by atoms with Gasteiger partial charge in [0.15, 0.2) is 6.29 Å². The Morgan fingerprint density at radius 2 is 2.20 bits per heavy atom. The van der Waals surface area contributed by atoms with Crippen molar-refractivity contribution in [1.29, 1.82) is 0 Å². The van der Waals surface area contributed by atoms with Gasteiger partial charge < -0.3 is 9.47 Å². The zero-order valence-electron chi connectivity index (χ0n) is 6.51. The van der Waals surface area contributed by atoms with Crippen LogP contribution < -0.4 is 0 Å². The zero-order valence-corrected chi connectivity index (χ0v) is 6.51. The van der Waals surface area contributed by atoms with Gasteiger partial charge in [-0.3, -0.25) is 0 Å². The lowest BCUT2D eigenvalue weighted by Crippen LogP contribution is -2.15. The summed E-state index contributed by atoms with van der Waals surface area (Å²) < 4.78 is 10.3.